The summed E-state index contributed by atoms with van der Waals surface area (Å²) in [6, 6.07) is 8.63. The molecule has 2 aromatic rings. The van der Waals surface area contributed by atoms with Gasteiger partial charge in [0.15, 0.2) is 5.78 Å². The lowest BCUT2D eigenvalue weighted by Crippen LogP contribution is -2.44. The molecule has 1 atom stereocenters. The van der Waals surface area contributed by atoms with Gasteiger partial charge in [-0.2, -0.15) is 0 Å². The minimum absolute atomic E-state index is 0.0659. The SMILES string of the molecule is CC(C)NC(Cc1csc2ccccc12)C(=O)C(C)C. The molecule has 0 aliphatic carbocycles. The van der Waals surface area contributed by atoms with Gasteiger partial charge in [0.2, 0.25) is 0 Å². The maximum absolute atomic E-state index is 12.4. The molecular formula is C17H23NOS. The lowest BCUT2D eigenvalue weighted by atomic mass is 9.95. The lowest BCUT2D eigenvalue weighted by Gasteiger charge is -2.21. The largest absolute Gasteiger partial charge is 0.305 e. The van der Waals surface area contributed by atoms with Crippen molar-refractivity contribution in [1.82, 2.24) is 5.32 Å². The van der Waals surface area contributed by atoms with Crippen LogP contribution in [0.3, 0.4) is 0 Å². The number of hydrogen-bond donors (Lipinski definition) is 1. The topological polar surface area (TPSA) is 29.1 Å². The molecule has 1 unspecified atom stereocenters. The van der Waals surface area contributed by atoms with Crippen LogP contribution in [0.25, 0.3) is 10.1 Å². The van der Waals surface area contributed by atoms with Gasteiger partial charge in [-0.15, -0.1) is 11.3 Å². The second-order valence-electron chi connectivity index (χ2n) is 5.89. The van der Waals surface area contributed by atoms with Crippen LogP contribution < -0.4 is 5.32 Å². The van der Waals surface area contributed by atoms with Crippen molar-refractivity contribution >= 4 is 27.2 Å². The Morgan fingerprint density at radius 1 is 1.20 bits per heavy atom. The monoisotopic (exact) mass is 289 g/mol. The van der Waals surface area contributed by atoms with E-state index in [0.717, 1.165) is 6.42 Å². The standard InChI is InChI=1S/C17H23NOS/c1-11(2)17(19)15(18-12(3)4)9-13-10-20-16-8-6-5-7-14(13)16/h5-8,10-12,15,18H,9H2,1-4H3. The second-order valence-corrected chi connectivity index (χ2v) is 6.80. The van der Waals surface area contributed by atoms with E-state index in [2.05, 4.69) is 48.8 Å². The van der Waals surface area contributed by atoms with Crippen molar-refractivity contribution in [2.45, 2.75) is 46.2 Å². The molecular weight excluding hydrogens is 266 g/mol. The molecule has 2 rings (SSSR count). The zero-order chi connectivity index (χ0) is 14.7. The van der Waals surface area contributed by atoms with Crippen molar-refractivity contribution < 1.29 is 4.79 Å². The quantitative estimate of drug-likeness (QED) is 0.869. The highest BCUT2D eigenvalue weighted by Gasteiger charge is 2.23. The molecule has 3 heteroatoms. The molecule has 0 bridgehead atoms. The van der Waals surface area contributed by atoms with E-state index in [9.17, 15) is 4.79 Å². The first-order chi connectivity index (χ1) is 9.49. The molecule has 0 radical (unpaired) electrons. The van der Waals surface area contributed by atoms with Crippen LogP contribution in [0.1, 0.15) is 33.3 Å². The van der Waals surface area contributed by atoms with Gasteiger partial charge >= 0.3 is 0 Å². The molecule has 1 heterocycles. The van der Waals surface area contributed by atoms with Crippen molar-refractivity contribution in [3.63, 3.8) is 0 Å². The Labute approximate surface area is 125 Å². The molecule has 1 aromatic carbocycles. The fourth-order valence-electron chi connectivity index (χ4n) is 2.46. The van der Waals surface area contributed by atoms with Crippen molar-refractivity contribution in [1.29, 1.82) is 0 Å². The van der Waals surface area contributed by atoms with Gasteiger partial charge in [-0.3, -0.25) is 4.79 Å². The molecule has 2 nitrogen and oxygen atoms in total. The van der Waals surface area contributed by atoms with Crippen molar-refractivity contribution in [2.75, 3.05) is 0 Å². The van der Waals surface area contributed by atoms with E-state index < -0.39 is 0 Å². The van der Waals surface area contributed by atoms with Crippen molar-refractivity contribution in [2.24, 2.45) is 5.92 Å². The maximum Gasteiger partial charge on any atom is 0.152 e. The van der Waals surface area contributed by atoms with Crippen molar-refractivity contribution in [3.05, 3.63) is 35.2 Å². The van der Waals surface area contributed by atoms with Crippen LogP contribution in [0.2, 0.25) is 0 Å². The van der Waals surface area contributed by atoms with Gasteiger partial charge in [0.25, 0.3) is 0 Å². The molecule has 20 heavy (non-hydrogen) atoms. The fraction of sp³-hybridized carbons (Fsp3) is 0.471. The highest BCUT2D eigenvalue weighted by Crippen LogP contribution is 2.27. The number of carbonyl (C=O) groups is 1. The van der Waals surface area contributed by atoms with Gasteiger partial charge in [-0.1, -0.05) is 45.9 Å². The van der Waals surface area contributed by atoms with E-state index in [4.69, 9.17) is 0 Å². The first kappa shape index (κ1) is 15.2. The second kappa shape index (κ2) is 6.51. The summed E-state index contributed by atoms with van der Waals surface area (Å²) < 4.78 is 1.29. The summed E-state index contributed by atoms with van der Waals surface area (Å²) in [6.45, 7) is 8.13. The molecule has 0 fully saturated rings. The summed E-state index contributed by atoms with van der Waals surface area (Å²) in [5.74, 6) is 0.366. The Hall–Kier alpha value is -1.19. The van der Waals surface area contributed by atoms with Crippen LogP contribution in [-0.4, -0.2) is 17.9 Å². The van der Waals surface area contributed by atoms with Crippen LogP contribution in [0.5, 0.6) is 0 Å². The normalized spacial score (nSPS) is 13.3. The maximum atomic E-state index is 12.4. The first-order valence-corrected chi connectivity index (χ1v) is 8.12. The average Bonchev–Trinajstić information content (AvgIpc) is 2.80. The van der Waals surface area contributed by atoms with E-state index >= 15 is 0 Å². The third-order valence-electron chi connectivity index (χ3n) is 3.43. The Morgan fingerprint density at radius 3 is 2.55 bits per heavy atom. The zero-order valence-corrected chi connectivity index (χ0v) is 13.5. The minimum atomic E-state index is -0.0898. The number of thiophene rings is 1. The lowest BCUT2D eigenvalue weighted by molar-refractivity contribution is -0.124. The van der Waals surface area contributed by atoms with Gasteiger partial charge in [0.1, 0.15) is 0 Å². The highest BCUT2D eigenvalue weighted by molar-refractivity contribution is 7.17. The highest BCUT2D eigenvalue weighted by atomic mass is 32.1. The van der Waals surface area contributed by atoms with Crippen LogP contribution in [0.15, 0.2) is 29.6 Å². The molecule has 0 spiro atoms. The average molecular weight is 289 g/mol. The number of nitrogens with one attached hydrogen (secondary N) is 1. The van der Waals surface area contributed by atoms with Crippen LogP contribution in [0, 0.1) is 5.92 Å². The molecule has 0 saturated heterocycles. The smallest absolute Gasteiger partial charge is 0.152 e. The Bertz CT molecular complexity index is 585. The van der Waals surface area contributed by atoms with Gasteiger partial charge in [-0.25, -0.2) is 0 Å². The molecule has 0 amide bonds. The number of Topliss-reactive ketones (excluding diaryl/α,β-unsaturated/α-hetero) is 1. The summed E-state index contributed by atoms with van der Waals surface area (Å²) in [4.78, 5) is 12.4. The van der Waals surface area contributed by atoms with Gasteiger partial charge < -0.3 is 5.32 Å². The summed E-state index contributed by atoms with van der Waals surface area (Å²) in [6.07, 6.45) is 0.777. The Balaban J connectivity index is 2.25. The summed E-state index contributed by atoms with van der Waals surface area (Å²) in [5, 5.41) is 6.89. The number of ketones is 1. The van der Waals surface area contributed by atoms with Crippen LogP contribution in [-0.2, 0) is 11.2 Å². The predicted octanol–water partition coefficient (Wildman–Crippen LogP) is 4.04. The third kappa shape index (κ3) is 3.47. The van der Waals surface area contributed by atoms with Gasteiger partial charge in [-0.05, 0) is 28.8 Å². The van der Waals surface area contributed by atoms with E-state index in [0.29, 0.717) is 11.8 Å². The van der Waals surface area contributed by atoms with Crippen LogP contribution >= 0.6 is 11.3 Å². The van der Waals surface area contributed by atoms with E-state index in [-0.39, 0.29) is 12.0 Å². The van der Waals surface area contributed by atoms with E-state index in [1.807, 2.05) is 13.8 Å². The number of benzene rings is 1. The minimum Gasteiger partial charge on any atom is -0.305 e. The molecule has 1 aromatic heterocycles. The fourth-order valence-corrected chi connectivity index (χ4v) is 3.43. The Morgan fingerprint density at radius 2 is 1.90 bits per heavy atom. The summed E-state index contributed by atoms with van der Waals surface area (Å²) >= 11 is 1.76. The molecule has 1 N–H and O–H groups in total. The predicted molar refractivity (Wildman–Crippen MR) is 87.4 cm³/mol. The van der Waals surface area contributed by atoms with Gasteiger partial charge in [0, 0.05) is 16.7 Å². The molecule has 0 aliphatic heterocycles. The first-order valence-electron chi connectivity index (χ1n) is 7.24. The number of carbonyl (C=O) groups excluding carboxylic acids is 1. The molecule has 108 valence electrons. The summed E-state index contributed by atoms with van der Waals surface area (Å²) in [7, 11) is 0. The van der Waals surface area contributed by atoms with Gasteiger partial charge in [0.05, 0.1) is 6.04 Å². The number of fused-ring (bicyclic) bond motifs is 1. The summed E-state index contributed by atoms with van der Waals surface area (Å²) in [5.41, 5.74) is 1.28. The number of hydrogen-bond acceptors (Lipinski definition) is 3. The van der Waals surface area contributed by atoms with Crippen LogP contribution in [0.4, 0.5) is 0 Å². The molecule has 0 aliphatic rings. The number of rotatable bonds is 6. The zero-order valence-electron chi connectivity index (χ0n) is 12.6. The van der Waals surface area contributed by atoms with E-state index in [1.54, 1.807) is 11.3 Å². The van der Waals surface area contributed by atoms with Crippen molar-refractivity contribution in [3.8, 4) is 0 Å². The Kier molecular flexibility index (Phi) is 4.95. The molecule has 0 saturated carbocycles. The third-order valence-corrected chi connectivity index (χ3v) is 4.44. The van der Waals surface area contributed by atoms with E-state index in [1.165, 1.54) is 15.6 Å².